The molecule has 76 valence electrons. The highest BCUT2D eigenvalue weighted by Gasteiger charge is 2.07. The van der Waals surface area contributed by atoms with Crippen molar-refractivity contribution in [3.63, 3.8) is 0 Å². The molecule has 1 aromatic carbocycles. The van der Waals surface area contributed by atoms with Crippen LogP contribution in [0, 0.1) is 0 Å². The molecule has 0 spiro atoms. The van der Waals surface area contributed by atoms with Gasteiger partial charge < -0.3 is 5.73 Å². The summed E-state index contributed by atoms with van der Waals surface area (Å²) in [6, 6.07) is 7.38. The van der Waals surface area contributed by atoms with Crippen LogP contribution in [0.2, 0.25) is 5.02 Å². The van der Waals surface area contributed by atoms with E-state index >= 15 is 0 Å². The predicted molar refractivity (Wildman–Crippen MR) is 58.8 cm³/mol. The van der Waals surface area contributed by atoms with Gasteiger partial charge in [-0.05, 0) is 18.6 Å². The summed E-state index contributed by atoms with van der Waals surface area (Å²) in [5.41, 5.74) is 8.63. The zero-order valence-electron chi connectivity index (χ0n) is 7.87. The predicted octanol–water partition coefficient (Wildman–Crippen LogP) is 1.18. The average Bonchev–Trinajstić information content (AvgIpc) is 2.18. The number of guanidine groups is 1. The van der Waals surface area contributed by atoms with Gasteiger partial charge in [0.05, 0.1) is 6.04 Å². The van der Waals surface area contributed by atoms with Gasteiger partial charge in [0.15, 0.2) is 0 Å². The van der Waals surface area contributed by atoms with Gasteiger partial charge in [0, 0.05) is 5.02 Å². The third-order valence-corrected chi connectivity index (χ3v) is 2.18. The monoisotopic (exact) mass is 212 g/mol. The van der Waals surface area contributed by atoms with Gasteiger partial charge in [-0.1, -0.05) is 29.8 Å². The maximum Gasteiger partial charge on any atom is 0.203 e. The highest BCUT2D eigenvalue weighted by molar-refractivity contribution is 6.31. The molecule has 14 heavy (non-hydrogen) atoms. The fraction of sp³-hybridized carbons (Fsp3) is 0.222. The molecule has 0 bridgehead atoms. The van der Waals surface area contributed by atoms with E-state index in [-0.39, 0.29) is 12.0 Å². The second kappa shape index (κ2) is 4.83. The van der Waals surface area contributed by atoms with Crippen LogP contribution in [0.3, 0.4) is 0 Å². The summed E-state index contributed by atoms with van der Waals surface area (Å²) in [5.74, 6) is 5.29. The molecule has 0 aromatic heterocycles. The van der Waals surface area contributed by atoms with E-state index in [1.165, 1.54) is 0 Å². The topological polar surface area (TPSA) is 76.4 Å². The maximum absolute atomic E-state index is 5.98. The molecule has 0 aliphatic rings. The molecule has 1 aromatic rings. The van der Waals surface area contributed by atoms with Crippen LogP contribution < -0.4 is 17.0 Å². The van der Waals surface area contributed by atoms with E-state index in [0.717, 1.165) is 5.56 Å². The van der Waals surface area contributed by atoms with Crippen molar-refractivity contribution in [1.82, 2.24) is 5.43 Å². The summed E-state index contributed by atoms with van der Waals surface area (Å²) in [6.45, 7) is 1.89. The first-order valence-corrected chi connectivity index (χ1v) is 4.57. The number of nitrogens with two attached hydrogens (primary N) is 2. The number of hydrogen-bond donors (Lipinski definition) is 3. The third-order valence-electron chi connectivity index (χ3n) is 1.84. The van der Waals surface area contributed by atoms with Gasteiger partial charge in [-0.25, -0.2) is 10.8 Å². The first kappa shape index (κ1) is 10.8. The van der Waals surface area contributed by atoms with E-state index in [2.05, 4.69) is 10.4 Å². The number of nitrogens with zero attached hydrogens (tertiary/aromatic N) is 1. The van der Waals surface area contributed by atoms with Crippen molar-refractivity contribution in [2.75, 3.05) is 0 Å². The standard InChI is InChI=1S/C9H13ClN4/c1-6(13-9(11)14-12)7-4-2-3-5-8(7)10/h2-6H,12H2,1H3,(H3,11,13,14). The number of hydrogen-bond acceptors (Lipinski definition) is 2. The summed E-state index contributed by atoms with van der Waals surface area (Å²) in [5, 5.41) is 0.675. The van der Waals surface area contributed by atoms with Crippen LogP contribution >= 0.6 is 11.6 Å². The number of halogens is 1. The minimum Gasteiger partial charge on any atom is -0.369 e. The minimum absolute atomic E-state index is 0.111. The van der Waals surface area contributed by atoms with Gasteiger partial charge in [0.2, 0.25) is 5.96 Å². The molecule has 0 aliphatic heterocycles. The Morgan fingerprint density at radius 2 is 2.14 bits per heavy atom. The summed E-state index contributed by atoms with van der Waals surface area (Å²) >= 11 is 5.98. The zero-order valence-corrected chi connectivity index (χ0v) is 8.62. The van der Waals surface area contributed by atoms with Gasteiger partial charge in [-0.3, -0.25) is 5.43 Å². The molecule has 0 aliphatic carbocycles. The summed E-state index contributed by atoms with van der Waals surface area (Å²) < 4.78 is 0. The molecule has 1 atom stereocenters. The van der Waals surface area contributed by atoms with E-state index in [4.69, 9.17) is 23.2 Å². The van der Waals surface area contributed by atoms with Gasteiger partial charge in [-0.15, -0.1) is 0 Å². The first-order chi connectivity index (χ1) is 6.65. The second-order valence-corrected chi connectivity index (χ2v) is 3.26. The fourth-order valence-electron chi connectivity index (χ4n) is 1.13. The number of hydrazine groups is 1. The Balaban J connectivity index is 2.90. The van der Waals surface area contributed by atoms with E-state index < -0.39 is 0 Å². The van der Waals surface area contributed by atoms with Crippen molar-refractivity contribution in [2.24, 2.45) is 16.6 Å². The molecule has 0 heterocycles. The molecule has 0 amide bonds. The minimum atomic E-state index is -0.111. The Morgan fingerprint density at radius 1 is 1.50 bits per heavy atom. The third kappa shape index (κ3) is 2.61. The molecule has 1 rings (SSSR count). The number of rotatable bonds is 2. The summed E-state index contributed by atoms with van der Waals surface area (Å²) in [6.07, 6.45) is 0. The Kier molecular flexibility index (Phi) is 3.73. The van der Waals surface area contributed by atoms with Crippen molar-refractivity contribution in [3.8, 4) is 0 Å². The zero-order chi connectivity index (χ0) is 10.6. The van der Waals surface area contributed by atoms with Gasteiger partial charge in [0.25, 0.3) is 0 Å². The molecular weight excluding hydrogens is 200 g/mol. The van der Waals surface area contributed by atoms with Crippen molar-refractivity contribution in [3.05, 3.63) is 34.9 Å². The average molecular weight is 213 g/mol. The van der Waals surface area contributed by atoms with Crippen LogP contribution in [-0.4, -0.2) is 5.96 Å². The second-order valence-electron chi connectivity index (χ2n) is 2.86. The van der Waals surface area contributed by atoms with Crippen molar-refractivity contribution in [1.29, 1.82) is 0 Å². The van der Waals surface area contributed by atoms with Gasteiger partial charge in [0.1, 0.15) is 0 Å². The maximum atomic E-state index is 5.98. The van der Waals surface area contributed by atoms with E-state index in [9.17, 15) is 0 Å². The molecule has 0 fully saturated rings. The fourth-order valence-corrected chi connectivity index (χ4v) is 1.42. The molecule has 5 heteroatoms. The van der Waals surface area contributed by atoms with Crippen molar-refractivity contribution < 1.29 is 0 Å². The largest absolute Gasteiger partial charge is 0.369 e. The lowest BCUT2D eigenvalue weighted by molar-refractivity contribution is 0.801. The lowest BCUT2D eigenvalue weighted by Crippen LogP contribution is -2.37. The van der Waals surface area contributed by atoms with Crippen LogP contribution in [0.4, 0.5) is 0 Å². The Bertz CT molecular complexity index is 337. The molecule has 5 N–H and O–H groups in total. The normalized spacial score (nSPS) is 13.8. The van der Waals surface area contributed by atoms with Crippen LogP contribution in [0.5, 0.6) is 0 Å². The Hall–Kier alpha value is -1.26. The molecule has 0 saturated heterocycles. The Labute approximate surface area is 87.9 Å². The lowest BCUT2D eigenvalue weighted by atomic mass is 10.1. The quantitative estimate of drug-likeness (QED) is 0.298. The molecular formula is C9H13ClN4. The first-order valence-electron chi connectivity index (χ1n) is 4.19. The summed E-state index contributed by atoms with van der Waals surface area (Å²) in [4.78, 5) is 4.10. The van der Waals surface area contributed by atoms with Crippen LogP contribution in [-0.2, 0) is 0 Å². The highest BCUT2D eigenvalue weighted by Crippen LogP contribution is 2.24. The summed E-state index contributed by atoms with van der Waals surface area (Å²) in [7, 11) is 0. The van der Waals surface area contributed by atoms with Gasteiger partial charge >= 0.3 is 0 Å². The molecule has 0 saturated carbocycles. The van der Waals surface area contributed by atoms with Crippen LogP contribution in [0.1, 0.15) is 18.5 Å². The number of benzene rings is 1. The van der Waals surface area contributed by atoms with E-state index in [0.29, 0.717) is 5.02 Å². The van der Waals surface area contributed by atoms with Crippen LogP contribution in [0.25, 0.3) is 0 Å². The van der Waals surface area contributed by atoms with E-state index in [1.54, 1.807) is 0 Å². The molecule has 1 unspecified atom stereocenters. The molecule has 4 nitrogen and oxygen atoms in total. The number of aliphatic imine (C=N–C) groups is 1. The SMILES string of the molecule is CC(N=C(N)NN)c1ccccc1Cl. The van der Waals surface area contributed by atoms with E-state index in [1.807, 2.05) is 31.2 Å². The smallest absolute Gasteiger partial charge is 0.203 e. The number of nitrogens with one attached hydrogen (secondary N) is 1. The Morgan fingerprint density at radius 3 is 2.71 bits per heavy atom. The molecule has 0 radical (unpaired) electrons. The van der Waals surface area contributed by atoms with Crippen molar-refractivity contribution in [2.45, 2.75) is 13.0 Å². The lowest BCUT2D eigenvalue weighted by Gasteiger charge is -2.09. The van der Waals surface area contributed by atoms with Gasteiger partial charge in [-0.2, -0.15) is 0 Å². The van der Waals surface area contributed by atoms with Crippen LogP contribution in [0.15, 0.2) is 29.3 Å². The van der Waals surface area contributed by atoms with Crippen molar-refractivity contribution >= 4 is 17.6 Å². The highest BCUT2D eigenvalue weighted by atomic mass is 35.5.